The fourth-order valence-electron chi connectivity index (χ4n) is 2.33. The largest absolute Gasteiger partial charge is 0.497 e. The van der Waals surface area contributed by atoms with Crippen LogP contribution in [0.3, 0.4) is 0 Å². The van der Waals surface area contributed by atoms with E-state index < -0.39 is 0 Å². The highest BCUT2D eigenvalue weighted by molar-refractivity contribution is 5.40. The highest BCUT2D eigenvalue weighted by Gasteiger charge is 2.11. The summed E-state index contributed by atoms with van der Waals surface area (Å²) in [5.41, 5.74) is 2.17. The van der Waals surface area contributed by atoms with Crippen LogP contribution in [0.15, 0.2) is 42.7 Å². The molecular formula is C17H22N2O3. The van der Waals surface area contributed by atoms with Crippen molar-refractivity contribution in [3.63, 3.8) is 0 Å². The Morgan fingerprint density at radius 3 is 2.64 bits per heavy atom. The van der Waals surface area contributed by atoms with E-state index in [0.29, 0.717) is 13.1 Å². The van der Waals surface area contributed by atoms with E-state index in [1.54, 1.807) is 20.4 Å². The number of methoxy groups -OCH3 is 2. The molecule has 5 nitrogen and oxygen atoms in total. The van der Waals surface area contributed by atoms with Crippen molar-refractivity contribution in [2.24, 2.45) is 0 Å². The lowest BCUT2D eigenvalue weighted by molar-refractivity contribution is 0.182. The zero-order valence-electron chi connectivity index (χ0n) is 13.0. The van der Waals surface area contributed by atoms with Crippen molar-refractivity contribution in [1.29, 1.82) is 0 Å². The number of benzene rings is 1. The summed E-state index contributed by atoms with van der Waals surface area (Å²) in [5.74, 6) is 1.55. The van der Waals surface area contributed by atoms with Crippen LogP contribution in [-0.4, -0.2) is 42.4 Å². The van der Waals surface area contributed by atoms with Crippen LogP contribution in [0.4, 0.5) is 0 Å². The number of hydrogen-bond donors (Lipinski definition) is 1. The predicted molar refractivity (Wildman–Crippen MR) is 85.0 cm³/mol. The fourth-order valence-corrected chi connectivity index (χ4v) is 2.33. The van der Waals surface area contributed by atoms with Gasteiger partial charge in [-0.2, -0.15) is 0 Å². The van der Waals surface area contributed by atoms with Gasteiger partial charge in [0.2, 0.25) is 0 Å². The second-order valence-electron chi connectivity index (χ2n) is 4.97. The predicted octanol–water partition coefficient (Wildman–Crippen LogP) is 2.09. The van der Waals surface area contributed by atoms with Crippen LogP contribution in [0.2, 0.25) is 0 Å². The fraction of sp³-hybridized carbons (Fsp3) is 0.353. The third-order valence-corrected chi connectivity index (χ3v) is 3.43. The minimum atomic E-state index is 0.110. The van der Waals surface area contributed by atoms with E-state index >= 15 is 0 Å². The first-order valence-electron chi connectivity index (χ1n) is 7.20. The average Bonchev–Trinajstić information content (AvgIpc) is 2.56. The maximum Gasteiger partial charge on any atom is 0.127 e. The van der Waals surface area contributed by atoms with Crippen molar-refractivity contribution in [2.75, 3.05) is 27.4 Å². The average molecular weight is 302 g/mol. The lowest BCUT2D eigenvalue weighted by Crippen LogP contribution is -2.26. The first-order chi connectivity index (χ1) is 10.8. The van der Waals surface area contributed by atoms with Gasteiger partial charge < -0.3 is 14.6 Å². The third kappa shape index (κ3) is 4.44. The quantitative estimate of drug-likeness (QED) is 0.809. The SMILES string of the molecule is COc1ccc(CN(CCO)Cc2cccnc2)c(OC)c1. The minimum Gasteiger partial charge on any atom is -0.497 e. The molecule has 0 aliphatic rings. The summed E-state index contributed by atoms with van der Waals surface area (Å²) < 4.78 is 10.7. The Morgan fingerprint density at radius 2 is 2.00 bits per heavy atom. The van der Waals surface area contributed by atoms with Crippen LogP contribution < -0.4 is 9.47 Å². The molecule has 0 saturated heterocycles. The number of nitrogens with zero attached hydrogens (tertiary/aromatic N) is 2. The van der Waals surface area contributed by atoms with Crippen LogP contribution >= 0.6 is 0 Å². The smallest absolute Gasteiger partial charge is 0.127 e. The molecule has 0 aliphatic carbocycles. The standard InChI is InChI=1S/C17H22N2O3/c1-21-16-6-5-15(17(10-16)22-2)13-19(8-9-20)12-14-4-3-7-18-11-14/h3-7,10-11,20H,8-9,12-13H2,1-2H3. The molecule has 5 heteroatoms. The molecule has 0 radical (unpaired) electrons. The molecule has 0 bridgehead atoms. The van der Waals surface area contributed by atoms with E-state index in [1.165, 1.54) is 0 Å². The maximum absolute atomic E-state index is 9.29. The maximum atomic E-state index is 9.29. The molecule has 0 amide bonds. The highest BCUT2D eigenvalue weighted by atomic mass is 16.5. The summed E-state index contributed by atoms with van der Waals surface area (Å²) >= 11 is 0. The Bertz CT molecular complexity index is 575. The van der Waals surface area contributed by atoms with Crippen molar-refractivity contribution in [1.82, 2.24) is 9.88 Å². The van der Waals surface area contributed by atoms with Gasteiger partial charge in [-0.1, -0.05) is 12.1 Å². The van der Waals surface area contributed by atoms with Gasteiger partial charge in [0.05, 0.1) is 20.8 Å². The second kappa shape index (κ2) is 8.36. The summed E-state index contributed by atoms with van der Waals surface area (Å²) in [6.45, 7) is 2.11. The Labute approximate surface area is 131 Å². The molecule has 1 heterocycles. The van der Waals surface area contributed by atoms with E-state index in [4.69, 9.17) is 9.47 Å². The van der Waals surface area contributed by atoms with Gasteiger partial charge >= 0.3 is 0 Å². The van der Waals surface area contributed by atoms with Crippen molar-refractivity contribution in [2.45, 2.75) is 13.1 Å². The molecule has 0 saturated carbocycles. The molecule has 0 fully saturated rings. The number of aromatic nitrogens is 1. The van der Waals surface area contributed by atoms with Gasteiger partial charge in [0.1, 0.15) is 11.5 Å². The normalized spacial score (nSPS) is 10.7. The molecule has 2 rings (SSSR count). The number of aliphatic hydroxyl groups is 1. The summed E-state index contributed by atoms with van der Waals surface area (Å²) in [6.07, 6.45) is 3.60. The third-order valence-electron chi connectivity index (χ3n) is 3.43. The molecular weight excluding hydrogens is 280 g/mol. The summed E-state index contributed by atoms with van der Waals surface area (Å²) in [5, 5.41) is 9.29. The molecule has 2 aromatic rings. The van der Waals surface area contributed by atoms with E-state index in [1.807, 2.05) is 36.5 Å². The number of hydrogen-bond acceptors (Lipinski definition) is 5. The monoisotopic (exact) mass is 302 g/mol. The molecule has 22 heavy (non-hydrogen) atoms. The van der Waals surface area contributed by atoms with E-state index in [-0.39, 0.29) is 6.61 Å². The molecule has 0 unspecified atom stereocenters. The van der Waals surface area contributed by atoms with Crippen molar-refractivity contribution in [3.05, 3.63) is 53.9 Å². The molecule has 1 aromatic heterocycles. The Kier molecular flexibility index (Phi) is 6.18. The van der Waals surface area contributed by atoms with Crippen molar-refractivity contribution >= 4 is 0 Å². The molecule has 0 aliphatic heterocycles. The lowest BCUT2D eigenvalue weighted by atomic mass is 10.1. The van der Waals surface area contributed by atoms with Gasteiger partial charge in [-0.15, -0.1) is 0 Å². The van der Waals surface area contributed by atoms with Gasteiger partial charge in [0.15, 0.2) is 0 Å². The first kappa shape index (κ1) is 16.3. The molecule has 1 N–H and O–H groups in total. The van der Waals surface area contributed by atoms with Crippen molar-refractivity contribution < 1.29 is 14.6 Å². The molecule has 118 valence electrons. The summed E-state index contributed by atoms with van der Waals surface area (Å²) in [4.78, 5) is 6.29. The molecule has 1 aromatic carbocycles. The molecule has 0 atom stereocenters. The number of pyridine rings is 1. The van der Waals surface area contributed by atoms with Crippen molar-refractivity contribution in [3.8, 4) is 11.5 Å². The lowest BCUT2D eigenvalue weighted by Gasteiger charge is -2.22. The highest BCUT2D eigenvalue weighted by Crippen LogP contribution is 2.26. The number of ether oxygens (including phenoxy) is 2. The minimum absolute atomic E-state index is 0.110. The van der Waals surface area contributed by atoms with Crippen LogP contribution in [-0.2, 0) is 13.1 Å². The first-order valence-corrected chi connectivity index (χ1v) is 7.20. The van der Waals surface area contributed by atoms with Crippen LogP contribution in [0.5, 0.6) is 11.5 Å². The summed E-state index contributed by atoms with van der Waals surface area (Å²) in [7, 11) is 3.28. The Hall–Kier alpha value is -2.11. The number of rotatable bonds is 8. The zero-order valence-corrected chi connectivity index (χ0v) is 13.0. The van der Waals surface area contributed by atoms with E-state index in [2.05, 4.69) is 9.88 Å². The van der Waals surface area contributed by atoms with Gasteiger partial charge in [-0.05, 0) is 17.7 Å². The van der Waals surface area contributed by atoms with E-state index in [0.717, 1.165) is 29.2 Å². The van der Waals surface area contributed by atoms with Crippen LogP contribution in [0.25, 0.3) is 0 Å². The zero-order chi connectivity index (χ0) is 15.8. The van der Waals surface area contributed by atoms with Gasteiger partial charge in [0, 0.05) is 43.7 Å². The summed E-state index contributed by atoms with van der Waals surface area (Å²) in [6, 6.07) is 9.73. The molecule has 0 spiro atoms. The Balaban J connectivity index is 2.13. The van der Waals surface area contributed by atoms with Crippen LogP contribution in [0.1, 0.15) is 11.1 Å². The number of aliphatic hydroxyl groups excluding tert-OH is 1. The van der Waals surface area contributed by atoms with E-state index in [9.17, 15) is 5.11 Å². The van der Waals surface area contributed by atoms with Crippen LogP contribution in [0, 0.1) is 0 Å². The van der Waals surface area contributed by atoms with Gasteiger partial charge in [0.25, 0.3) is 0 Å². The topological polar surface area (TPSA) is 54.8 Å². The second-order valence-corrected chi connectivity index (χ2v) is 4.97. The van der Waals surface area contributed by atoms with Gasteiger partial charge in [-0.25, -0.2) is 0 Å². The Morgan fingerprint density at radius 1 is 1.14 bits per heavy atom. The van der Waals surface area contributed by atoms with Gasteiger partial charge in [-0.3, -0.25) is 9.88 Å².